The number of carbonyl (C=O) groups excluding carboxylic acids is 2. The van der Waals surface area contributed by atoms with E-state index in [-0.39, 0.29) is 12.1 Å². The topological polar surface area (TPSA) is 63.4 Å². The van der Waals surface area contributed by atoms with E-state index in [1.165, 1.54) is 9.96 Å². The Kier molecular flexibility index (Phi) is 4.96. The first-order valence-electron chi connectivity index (χ1n) is 9.11. The lowest BCUT2D eigenvalue weighted by molar-refractivity contribution is -0.141. The Bertz CT molecular complexity index is 907. The quantitative estimate of drug-likeness (QED) is 0.454. The second kappa shape index (κ2) is 7.71. The first-order valence-corrected chi connectivity index (χ1v) is 9.11. The Hall–Kier alpha value is -3.37. The molecule has 2 atom stereocenters. The van der Waals surface area contributed by atoms with Crippen LogP contribution in [-0.2, 0) is 16.2 Å². The van der Waals surface area contributed by atoms with Gasteiger partial charge in [0.1, 0.15) is 18.4 Å². The molecule has 7 nitrogen and oxygen atoms in total. The maximum Gasteiger partial charge on any atom is 0.345 e. The van der Waals surface area contributed by atoms with E-state index in [1.54, 1.807) is 24.3 Å². The van der Waals surface area contributed by atoms with E-state index in [9.17, 15) is 9.59 Å². The molecule has 2 bridgehead atoms. The monoisotopic (exact) mass is 377 g/mol. The van der Waals surface area contributed by atoms with Gasteiger partial charge in [0.15, 0.2) is 5.69 Å². The normalized spacial score (nSPS) is 20.8. The lowest BCUT2D eigenvalue weighted by Gasteiger charge is -2.28. The fraction of sp³-hybridized carbons (Fsp3) is 0.286. The summed E-state index contributed by atoms with van der Waals surface area (Å²) in [6.07, 6.45) is 1.20. The van der Waals surface area contributed by atoms with Gasteiger partial charge in [-0.05, 0) is 30.5 Å². The molecule has 2 aliphatic rings. The summed E-state index contributed by atoms with van der Waals surface area (Å²) in [6, 6.07) is 15.0. The van der Waals surface area contributed by atoms with Crippen molar-refractivity contribution in [2.45, 2.75) is 31.5 Å². The third-order valence-electron chi connectivity index (χ3n) is 4.99. The van der Waals surface area contributed by atoms with E-state index in [1.807, 2.05) is 30.3 Å². The van der Waals surface area contributed by atoms with Crippen molar-refractivity contribution in [3.63, 3.8) is 0 Å². The first-order chi connectivity index (χ1) is 13.7. The number of amides is 2. The Morgan fingerprint density at radius 1 is 1.11 bits per heavy atom. The van der Waals surface area contributed by atoms with Gasteiger partial charge in [0.25, 0.3) is 0 Å². The van der Waals surface area contributed by atoms with Crippen LogP contribution in [0.2, 0.25) is 0 Å². The molecule has 0 aliphatic carbocycles. The molecule has 0 radical (unpaired) electrons. The average Bonchev–Trinajstić information content (AvgIpc) is 2.97. The third kappa shape index (κ3) is 3.55. The summed E-state index contributed by atoms with van der Waals surface area (Å²) < 4.78 is 5.42. The molecule has 28 heavy (non-hydrogen) atoms. The number of carbonyl (C=O) groups is 2. The van der Waals surface area contributed by atoms with Gasteiger partial charge in [0.2, 0.25) is 0 Å². The molecule has 142 valence electrons. The maximum absolute atomic E-state index is 12.7. The summed E-state index contributed by atoms with van der Waals surface area (Å²) in [5, 5.41) is 1.39. The fourth-order valence-electron chi connectivity index (χ4n) is 3.53. The van der Waals surface area contributed by atoms with Gasteiger partial charge in [0, 0.05) is 6.54 Å². The number of esters is 1. The van der Waals surface area contributed by atoms with E-state index >= 15 is 0 Å². The van der Waals surface area contributed by atoms with Crippen molar-refractivity contribution < 1.29 is 19.2 Å². The highest BCUT2D eigenvalue weighted by Crippen LogP contribution is 2.31. The lowest BCUT2D eigenvalue weighted by atomic mass is 10.0. The van der Waals surface area contributed by atoms with E-state index in [0.717, 1.165) is 5.56 Å². The van der Waals surface area contributed by atoms with E-state index in [2.05, 4.69) is 4.85 Å². The average molecular weight is 377 g/mol. The highest BCUT2D eigenvalue weighted by Gasteiger charge is 2.48. The summed E-state index contributed by atoms with van der Waals surface area (Å²) >= 11 is 0. The number of hydrogen-bond donors (Lipinski definition) is 0. The molecule has 2 fully saturated rings. The second-order valence-electron chi connectivity index (χ2n) is 6.79. The number of rotatable bonds is 5. The van der Waals surface area contributed by atoms with Crippen molar-refractivity contribution in [3.05, 3.63) is 71.6 Å². The third-order valence-corrected chi connectivity index (χ3v) is 4.99. The summed E-state index contributed by atoms with van der Waals surface area (Å²) in [6.45, 7) is 7.71. The predicted octanol–water partition coefficient (Wildman–Crippen LogP) is 3.54. The van der Waals surface area contributed by atoms with Crippen LogP contribution in [-0.4, -0.2) is 40.6 Å². The number of piperidine rings is 1. The zero-order valence-electron chi connectivity index (χ0n) is 15.2. The van der Waals surface area contributed by atoms with Crippen LogP contribution in [0.15, 0.2) is 54.6 Å². The molecular weight excluding hydrogens is 358 g/mol. The van der Waals surface area contributed by atoms with Crippen molar-refractivity contribution in [1.29, 1.82) is 0 Å². The molecule has 2 aliphatic heterocycles. The Morgan fingerprint density at radius 3 is 2.57 bits per heavy atom. The number of nitrogens with zero attached hydrogens (tertiary/aromatic N) is 3. The molecule has 2 aromatic rings. The minimum Gasteiger partial charge on any atom is -0.425 e. The maximum atomic E-state index is 12.7. The second-order valence-corrected chi connectivity index (χ2v) is 6.79. The zero-order valence-corrected chi connectivity index (χ0v) is 15.2. The van der Waals surface area contributed by atoms with Crippen LogP contribution in [0.4, 0.5) is 10.5 Å². The van der Waals surface area contributed by atoms with Gasteiger partial charge < -0.3 is 9.64 Å². The van der Waals surface area contributed by atoms with E-state index in [0.29, 0.717) is 37.4 Å². The van der Waals surface area contributed by atoms with Crippen LogP contribution in [0.1, 0.15) is 18.4 Å². The van der Waals surface area contributed by atoms with Crippen molar-refractivity contribution in [2.75, 3.05) is 6.54 Å². The Morgan fingerprint density at radius 2 is 1.86 bits per heavy atom. The zero-order chi connectivity index (χ0) is 19.5. The van der Waals surface area contributed by atoms with Crippen LogP contribution in [0, 0.1) is 6.57 Å². The molecule has 0 unspecified atom stereocenters. The number of fused-ring (bicyclic) bond motifs is 2. The van der Waals surface area contributed by atoms with Gasteiger partial charge in [-0.15, -0.1) is 0 Å². The predicted molar refractivity (Wildman–Crippen MR) is 100 cm³/mol. The van der Waals surface area contributed by atoms with Crippen molar-refractivity contribution in [2.24, 2.45) is 0 Å². The molecule has 0 aromatic heterocycles. The smallest absolute Gasteiger partial charge is 0.345 e. The number of urea groups is 1. The molecule has 7 heteroatoms. The number of ether oxygens (including phenoxy) is 1. The van der Waals surface area contributed by atoms with Gasteiger partial charge in [0.05, 0.1) is 12.6 Å². The molecule has 4 rings (SSSR count). The van der Waals surface area contributed by atoms with E-state index in [4.69, 9.17) is 16.1 Å². The van der Waals surface area contributed by atoms with Gasteiger partial charge in [-0.1, -0.05) is 42.5 Å². The van der Waals surface area contributed by atoms with Gasteiger partial charge >= 0.3 is 12.0 Å². The minimum absolute atomic E-state index is 0.0572. The SMILES string of the molecule is [C-]#[N+]c1ccc(OC(=O)[C@@H]2CC[C@@H]3CN2C(=O)N3OCc2ccccc2)cc1. The summed E-state index contributed by atoms with van der Waals surface area (Å²) in [4.78, 5) is 35.9. The molecule has 0 saturated carbocycles. The van der Waals surface area contributed by atoms with Gasteiger partial charge in [-0.25, -0.2) is 14.4 Å². The number of hydroxylamine groups is 2. The van der Waals surface area contributed by atoms with E-state index < -0.39 is 12.0 Å². The highest BCUT2D eigenvalue weighted by atomic mass is 16.7. The molecule has 2 saturated heterocycles. The first kappa shape index (κ1) is 18.0. The molecule has 2 heterocycles. The van der Waals surface area contributed by atoms with Crippen LogP contribution >= 0.6 is 0 Å². The summed E-state index contributed by atoms with van der Waals surface area (Å²) in [7, 11) is 0. The summed E-state index contributed by atoms with van der Waals surface area (Å²) in [5.41, 5.74) is 1.45. The standard InChI is InChI=1S/C21H19N3O4/c1-22-16-7-10-18(11-8-16)28-20(25)19-12-9-17-13-23(19)21(26)24(17)27-14-15-5-3-2-4-6-15/h2-8,10-11,17,19H,9,12-14H2/t17-,19+/m1/s1. The van der Waals surface area contributed by atoms with Crippen LogP contribution in [0.5, 0.6) is 5.75 Å². The largest absolute Gasteiger partial charge is 0.425 e. The highest BCUT2D eigenvalue weighted by molar-refractivity contribution is 5.86. The minimum atomic E-state index is -0.630. The van der Waals surface area contributed by atoms with Gasteiger partial charge in [-0.3, -0.25) is 4.84 Å². The number of hydrogen-bond acceptors (Lipinski definition) is 4. The van der Waals surface area contributed by atoms with Crippen LogP contribution in [0.25, 0.3) is 4.85 Å². The summed E-state index contributed by atoms with van der Waals surface area (Å²) in [5.74, 6) is -0.101. The molecule has 2 aromatic carbocycles. The van der Waals surface area contributed by atoms with Crippen LogP contribution in [0.3, 0.4) is 0 Å². The molecule has 2 amide bonds. The fourth-order valence-corrected chi connectivity index (χ4v) is 3.53. The lowest BCUT2D eigenvalue weighted by Crippen LogP contribution is -2.46. The number of benzene rings is 2. The van der Waals surface area contributed by atoms with Crippen LogP contribution < -0.4 is 4.74 Å². The molecule has 0 spiro atoms. The van der Waals surface area contributed by atoms with Crippen molar-refractivity contribution in [1.82, 2.24) is 9.96 Å². The van der Waals surface area contributed by atoms with Crippen molar-refractivity contribution >= 4 is 17.7 Å². The van der Waals surface area contributed by atoms with Gasteiger partial charge in [-0.2, -0.15) is 5.06 Å². The molecule has 0 N–H and O–H groups in total. The molecular formula is C21H19N3O4. The Balaban J connectivity index is 1.39. The van der Waals surface area contributed by atoms with Crippen molar-refractivity contribution in [3.8, 4) is 5.75 Å². The Labute approximate surface area is 162 Å².